The summed E-state index contributed by atoms with van der Waals surface area (Å²) < 4.78 is 5.66. The number of carboxylic acid groups (broad SMARTS) is 1. The molecule has 0 amide bonds. The Balaban J connectivity index is 0. The molecule has 0 aromatic carbocycles. The molecule has 2 aromatic rings. The maximum Gasteiger partial charge on any atom is 0.337 e. The van der Waals surface area contributed by atoms with Gasteiger partial charge in [0.25, 0.3) is 0 Å². The highest BCUT2D eigenvalue weighted by Crippen LogP contribution is 2.08. The molecule has 0 unspecified atom stereocenters. The molecule has 0 aliphatic rings. The van der Waals surface area contributed by atoms with E-state index in [1.807, 2.05) is 0 Å². The Morgan fingerprint density at radius 3 is 1.91 bits per heavy atom. The van der Waals surface area contributed by atoms with Crippen LogP contribution in [-0.4, -0.2) is 34.1 Å². The Morgan fingerprint density at radius 2 is 1.55 bits per heavy atom. The van der Waals surface area contributed by atoms with Crippen LogP contribution in [0.4, 0.5) is 0 Å². The van der Waals surface area contributed by atoms with Gasteiger partial charge in [-0.1, -0.05) is 7.43 Å². The van der Waals surface area contributed by atoms with Gasteiger partial charge in [-0.05, 0) is 56.1 Å². The molecule has 6 nitrogen and oxygen atoms in total. The topological polar surface area (TPSA) is 89.4 Å². The van der Waals surface area contributed by atoms with Crippen molar-refractivity contribution in [3.05, 3.63) is 57.0 Å². The SMILES string of the molecule is C.COC(=O)c1ccnc(Br)c1.O=C(O)c1ccnc(Br)c1.[2HH]. The summed E-state index contributed by atoms with van der Waals surface area (Å²) in [5.41, 5.74) is 0.733. The standard InChI is InChI=1S/C7H6BrNO2.C6H4BrNO2.CH4.H2/c1-11-7(10)5-2-3-9-6(8)4-5;7-5-3-4(6(9)10)1-2-8-5;;/h2-4H,1H3;1-3H,(H,9,10);1H4;1H/i;;;1+1. The van der Waals surface area contributed by atoms with Crippen molar-refractivity contribution in [3.8, 4) is 0 Å². The van der Waals surface area contributed by atoms with Gasteiger partial charge in [-0.25, -0.2) is 19.6 Å². The maximum absolute atomic E-state index is 10.9. The molecule has 2 aromatic heterocycles. The number of ether oxygens (including phenoxy) is 1. The van der Waals surface area contributed by atoms with Crippen molar-refractivity contribution in [2.24, 2.45) is 0 Å². The summed E-state index contributed by atoms with van der Waals surface area (Å²) in [5, 5.41) is 8.46. The summed E-state index contributed by atoms with van der Waals surface area (Å²) in [7, 11) is 1.34. The number of carboxylic acids is 1. The van der Waals surface area contributed by atoms with Gasteiger partial charge in [0.05, 0.1) is 18.2 Å². The lowest BCUT2D eigenvalue weighted by Crippen LogP contribution is -2.00. The largest absolute Gasteiger partial charge is 0.478 e. The number of rotatable bonds is 2. The van der Waals surface area contributed by atoms with Crippen LogP contribution >= 0.6 is 31.9 Å². The minimum absolute atomic E-state index is 0. The summed E-state index contributed by atoms with van der Waals surface area (Å²) in [6.45, 7) is 0. The van der Waals surface area contributed by atoms with Crippen molar-refractivity contribution in [2.45, 2.75) is 7.43 Å². The van der Waals surface area contributed by atoms with Gasteiger partial charge in [0.15, 0.2) is 0 Å². The van der Waals surface area contributed by atoms with Gasteiger partial charge in [0.1, 0.15) is 9.21 Å². The summed E-state index contributed by atoms with van der Waals surface area (Å²) in [6, 6.07) is 6.08. The average molecular weight is 437 g/mol. The molecule has 0 saturated carbocycles. The van der Waals surface area contributed by atoms with Crippen molar-refractivity contribution in [2.75, 3.05) is 7.11 Å². The predicted octanol–water partition coefficient (Wildman–Crippen LogP) is 4.06. The third-order valence-electron chi connectivity index (χ3n) is 2.12. The first kappa shape index (κ1) is 20.2. The zero-order valence-corrected chi connectivity index (χ0v) is 14.0. The monoisotopic (exact) mass is 435 g/mol. The average Bonchev–Trinajstić information content (AvgIpc) is 2.47. The molecular weight excluding hydrogens is 420 g/mol. The first-order valence-corrected chi connectivity index (χ1v) is 7.07. The van der Waals surface area contributed by atoms with E-state index in [0.717, 1.165) is 0 Å². The van der Waals surface area contributed by atoms with Gasteiger partial charge >= 0.3 is 11.9 Å². The Bertz CT molecular complexity index is 656. The van der Waals surface area contributed by atoms with Crippen LogP contribution < -0.4 is 0 Å². The minimum atomic E-state index is -0.942. The molecule has 0 bridgehead atoms. The fourth-order valence-electron chi connectivity index (χ4n) is 1.18. The smallest absolute Gasteiger partial charge is 0.337 e. The van der Waals surface area contributed by atoms with E-state index < -0.39 is 5.97 Å². The highest BCUT2D eigenvalue weighted by atomic mass is 79.9. The van der Waals surface area contributed by atoms with Gasteiger partial charge in [-0.2, -0.15) is 0 Å². The molecule has 0 aliphatic carbocycles. The quantitative estimate of drug-likeness (QED) is 0.564. The van der Waals surface area contributed by atoms with Crippen LogP contribution in [0.3, 0.4) is 0 Å². The van der Waals surface area contributed by atoms with Crippen molar-refractivity contribution < 1.29 is 20.9 Å². The summed E-state index contributed by atoms with van der Waals surface area (Å²) >= 11 is 6.20. The van der Waals surface area contributed by atoms with Gasteiger partial charge in [0.2, 0.25) is 0 Å². The molecule has 8 heteroatoms. The lowest BCUT2D eigenvalue weighted by Gasteiger charge is -1.97. The molecule has 2 rings (SSSR count). The normalized spacial score (nSPS) is 8.86. The number of hydrogen-bond acceptors (Lipinski definition) is 5. The van der Waals surface area contributed by atoms with E-state index in [1.165, 1.54) is 31.6 Å². The Kier molecular flexibility index (Phi) is 9.20. The van der Waals surface area contributed by atoms with Crippen molar-refractivity contribution in [3.63, 3.8) is 0 Å². The van der Waals surface area contributed by atoms with E-state index in [-0.39, 0.29) is 20.4 Å². The third kappa shape index (κ3) is 6.77. The zero-order valence-electron chi connectivity index (χ0n) is 10.8. The lowest BCUT2D eigenvalue weighted by atomic mass is 10.3. The minimum Gasteiger partial charge on any atom is -0.478 e. The molecule has 0 fully saturated rings. The number of methoxy groups -OCH3 is 1. The van der Waals surface area contributed by atoms with Crippen molar-refractivity contribution in [1.29, 1.82) is 0 Å². The van der Waals surface area contributed by atoms with E-state index in [9.17, 15) is 9.59 Å². The summed E-state index contributed by atoms with van der Waals surface area (Å²) in [5.74, 6) is -1.30. The molecule has 120 valence electrons. The highest BCUT2D eigenvalue weighted by Gasteiger charge is 2.04. The number of halogens is 2. The van der Waals surface area contributed by atoms with Crippen LogP contribution in [0.5, 0.6) is 0 Å². The molecule has 0 atom stereocenters. The molecule has 0 radical (unpaired) electrons. The number of hydrogen-bond donors (Lipinski definition) is 1. The lowest BCUT2D eigenvalue weighted by molar-refractivity contribution is 0.0599. The first-order valence-electron chi connectivity index (χ1n) is 5.48. The van der Waals surface area contributed by atoms with E-state index >= 15 is 0 Å². The van der Waals surface area contributed by atoms with Gasteiger partial charge < -0.3 is 9.84 Å². The van der Waals surface area contributed by atoms with Gasteiger partial charge in [-0.15, -0.1) is 0 Å². The second-order valence-electron chi connectivity index (χ2n) is 3.53. The predicted molar refractivity (Wildman–Crippen MR) is 91.0 cm³/mol. The summed E-state index contributed by atoms with van der Waals surface area (Å²) in [4.78, 5) is 28.8. The molecule has 0 spiro atoms. The van der Waals surface area contributed by atoms with E-state index in [4.69, 9.17) is 5.11 Å². The number of pyridine rings is 2. The number of carbonyl (C=O) groups is 2. The van der Waals surface area contributed by atoms with Crippen molar-refractivity contribution >= 4 is 43.8 Å². The fourth-order valence-corrected chi connectivity index (χ4v) is 1.91. The van der Waals surface area contributed by atoms with E-state index in [2.05, 4.69) is 46.6 Å². The van der Waals surface area contributed by atoms with Crippen molar-refractivity contribution in [1.82, 2.24) is 9.97 Å². The third-order valence-corrected chi connectivity index (χ3v) is 2.99. The second-order valence-corrected chi connectivity index (χ2v) is 5.16. The fraction of sp³-hybridized carbons (Fsp3) is 0.143. The van der Waals surface area contributed by atoms with Crippen LogP contribution in [0.15, 0.2) is 45.9 Å². The molecule has 0 saturated heterocycles. The van der Waals surface area contributed by atoms with E-state index in [0.29, 0.717) is 14.8 Å². The number of aromatic nitrogens is 2. The Morgan fingerprint density at radius 1 is 1.09 bits per heavy atom. The number of esters is 1. The molecular formula is C14H16Br2N2O4. The number of nitrogens with zero attached hydrogens (tertiary/aromatic N) is 2. The first-order chi connectivity index (χ1) is 9.93. The Labute approximate surface area is 146 Å². The molecule has 2 heterocycles. The van der Waals surface area contributed by atoms with E-state index in [1.54, 1.807) is 12.1 Å². The van der Waals surface area contributed by atoms with Gasteiger partial charge in [-0.3, -0.25) is 0 Å². The van der Waals surface area contributed by atoms with Crippen LogP contribution in [0.25, 0.3) is 0 Å². The van der Waals surface area contributed by atoms with Gasteiger partial charge in [0, 0.05) is 13.8 Å². The number of aromatic carboxylic acids is 1. The zero-order chi connectivity index (χ0) is 15.8. The molecule has 0 aliphatic heterocycles. The molecule has 22 heavy (non-hydrogen) atoms. The summed E-state index contributed by atoms with van der Waals surface area (Å²) in [6.07, 6.45) is 2.98. The van der Waals surface area contributed by atoms with Crippen LogP contribution in [0, 0.1) is 0 Å². The molecule has 1 N–H and O–H groups in total. The highest BCUT2D eigenvalue weighted by molar-refractivity contribution is 9.10. The number of carbonyl (C=O) groups excluding carboxylic acids is 1. The van der Waals surface area contributed by atoms with Crippen LogP contribution in [0.1, 0.15) is 29.6 Å². The van der Waals surface area contributed by atoms with Crippen LogP contribution in [0.2, 0.25) is 0 Å². The Hall–Kier alpha value is -1.80. The van der Waals surface area contributed by atoms with Crippen LogP contribution in [-0.2, 0) is 4.74 Å². The second kappa shape index (κ2) is 10.0. The maximum atomic E-state index is 10.9.